The second-order valence-electron chi connectivity index (χ2n) is 4.47. The largest absolute Gasteiger partial charge is 0.497 e. The zero-order chi connectivity index (χ0) is 14.7. The summed E-state index contributed by atoms with van der Waals surface area (Å²) >= 11 is 0. The lowest BCUT2D eigenvalue weighted by molar-refractivity contribution is 0.112. The van der Waals surface area contributed by atoms with Gasteiger partial charge in [-0.25, -0.2) is 4.98 Å². The standard InChI is InChI=1S/C17H13NO3/c1-20-14-6-4-7-15(10-14)21-17-13(11-19)9-12-5-2-3-8-16(12)18-17/h2-11H,1H3. The monoisotopic (exact) mass is 279 g/mol. The Bertz CT molecular complexity index is 799. The molecule has 3 rings (SSSR count). The SMILES string of the molecule is COc1cccc(Oc2nc3ccccc3cc2C=O)c1. The Kier molecular flexibility index (Phi) is 3.51. The molecule has 1 heterocycles. The van der Waals surface area contributed by atoms with Gasteiger partial charge >= 0.3 is 0 Å². The molecule has 0 amide bonds. The topological polar surface area (TPSA) is 48.4 Å². The second kappa shape index (κ2) is 5.63. The normalized spacial score (nSPS) is 10.3. The number of methoxy groups -OCH3 is 1. The van der Waals surface area contributed by atoms with Gasteiger partial charge in [0.25, 0.3) is 0 Å². The number of benzene rings is 2. The summed E-state index contributed by atoms with van der Waals surface area (Å²) in [6, 6.07) is 16.5. The molecule has 21 heavy (non-hydrogen) atoms. The quantitative estimate of drug-likeness (QED) is 0.681. The van der Waals surface area contributed by atoms with Crippen molar-refractivity contribution in [3.8, 4) is 17.4 Å². The maximum absolute atomic E-state index is 11.2. The van der Waals surface area contributed by atoms with Crippen LogP contribution in [-0.4, -0.2) is 18.4 Å². The molecule has 0 unspecified atom stereocenters. The summed E-state index contributed by atoms with van der Waals surface area (Å²) in [5.41, 5.74) is 1.19. The number of para-hydroxylation sites is 1. The highest BCUT2D eigenvalue weighted by Crippen LogP contribution is 2.28. The molecule has 0 radical (unpaired) electrons. The summed E-state index contributed by atoms with van der Waals surface area (Å²) in [4.78, 5) is 15.6. The van der Waals surface area contributed by atoms with E-state index < -0.39 is 0 Å². The summed E-state index contributed by atoms with van der Waals surface area (Å²) in [5, 5.41) is 0.901. The fraction of sp³-hybridized carbons (Fsp3) is 0.0588. The highest BCUT2D eigenvalue weighted by Gasteiger charge is 2.09. The van der Waals surface area contributed by atoms with Gasteiger partial charge in [0.15, 0.2) is 6.29 Å². The summed E-state index contributed by atoms with van der Waals surface area (Å²) < 4.78 is 10.9. The van der Waals surface area contributed by atoms with Crippen molar-refractivity contribution in [3.05, 3.63) is 60.2 Å². The molecular formula is C17H13NO3. The van der Waals surface area contributed by atoms with Gasteiger partial charge < -0.3 is 9.47 Å². The van der Waals surface area contributed by atoms with Crippen LogP contribution in [0.5, 0.6) is 17.4 Å². The van der Waals surface area contributed by atoms with Crippen LogP contribution in [0.25, 0.3) is 10.9 Å². The van der Waals surface area contributed by atoms with Crippen molar-refractivity contribution in [1.82, 2.24) is 4.98 Å². The molecule has 0 fully saturated rings. The van der Waals surface area contributed by atoms with E-state index in [1.807, 2.05) is 36.4 Å². The Morgan fingerprint density at radius 1 is 1.00 bits per heavy atom. The fourth-order valence-corrected chi connectivity index (χ4v) is 2.06. The molecule has 0 saturated heterocycles. The number of rotatable bonds is 4. The number of aldehydes is 1. The van der Waals surface area contributed by atoms with E-state index in [2.05, 4.69) is 4.98 Å². The zero-order valence-electron chi connectivity index (χ0n) is 11.4. The molecule has 0 bridgehead atoms. The smallest absolute Gasteiger partial charge is 0.230 e. The number of ether oxygens (including phenoxy) is 2. The van der Waals surface area contributed by atoms with Crippen LogP contribution < -0.4 is 9.47 Å². The lowest BCUT2D eigenvalue weighted by Gasteiger charge is -2.09. The van der Waals surface area contributed by atoms with Crippen LogP contribution >= 0.6 is 0 Å². The van der Waals surface area contributed by atoms with Crippen LogP contribution in [0.2, 0.25) is 0 Å². The van der Waals surface area contributed by atoms with E-state index in [0.717, 1.165) is 17.2 Å². The van der Waals surface area contributed by atoms with Crippen LogP contribution in [0.4, 0.5) is 0 Å². The maximum Gasteiger partial charge on any atom is 0.230 e. The number of fused-ring (bicyclic) bond motifs is 1. The summed E-state index contributed by atoms with van der Waals surface area (Å²) in [6.45, 7) is 0. The van der Waals surface area contributed by atoms with Crippen LogP contribution in [0, 0.1) is 0 Å². The van der Waals surface area contributed by atoms with Crippen molar-refractivity contribution in [2.24, 2.45) is 0 Å². The molecule has 0 aliphatic carbocycles. The van der Waals surface area contributed by atoms with Gasteiger partial charge in [-0.3, -0.25) is 4.79 Å². The Hall–Kier alpha value is -2.88. The van der Waals surface area contributed by atoms with E-state index in [4.69, 9.17) is 9.47 Å². The van der Waals surface area contributed by atoms with Crippen molar-refractivity contribution >= 4 is 17.2 Å². The molecule has 0 N–H and O–H groups in total. The minimum Gasteiger partial charge on any atom is -0.497 e. The molecule has 4 heteroatoms. The van der Waals surface area contributed by atoms with Gasteiger partial charge in [0.05, 0.1) is 18.2 Å². The first-order chi connectivity index (χ1) is 10.3. The molecule has 0 saturated carbocycles. The van der Waals surface area contributed by atoms with Gasteiger partial charge in [0.2, 0.25) is 5.88 Å². The first-order valence-electron chi connectivity index (χ1n) is 6.47. The maximum atomic E-state index is 11.2. The highest BCUT2D eigenvalue weighted by atomic mass is 16.5. The van der Waals surface area contributed by atoms with E-state index in [9.17, 15) is 4.79 Å². The number of carbonyl (C=O) groups excluding carboxylic acids is 1. The van der Waals surface area contributed by atoms with E-state index in [1.54, 1.807) is 25.3 Å². The van der Waals surface area contributed by atoms with Crippen molar-refractivity contribution in [1.29, 1.82) is 0 Å². The minimum atomic E-state index is 0.289. The van der Waals surface area contributed by atoms with Crippen LogP contribution in [0.3, 0.4) is 0 Å². The highest BCUT2D eigenvalue weighted by molar-refractivity contribution is 5.88. The van der Waals surface area contributed by atoms with E-state index in [0.29, 0.717) is 17.1 Å². The predicted molar refractivity (Wildman–Crippen MR) is 80.2 cm³/mol. The number of nitrogens with zero attached hydrogens (tertiary/aromatic N) is 1. The fourth-order valence-electron chi connectivity index (χ4n) is 2.06. The number of hydrogen-bond donors (Lipinski definition) is 0. The molecule has 3 aromatic rings. The van der Waals surface area contributed by atoms with Gasteiger partial charge in [-0.2, -0.15) is 0 Å². The average Bonchev–Trinajstić information content (AvgIpc) is 2.54. The van der Waals surface area contributed by atoms with Gasteiger partial charge in [-0.05, 0) is 24.3 Å². The molecule has 0 spiro atoms. The third kappa shape index (κ3) is 2.69. The van der Waals surface area contributed by atoms with Crippen LogP contribution in [0.1, 0.15) is 10.4 Å². The average molecular weight is 279 g/mol. The molecule has 0 aliphatic heterocycles. The van der Waals surface area contributed by atoms with Crippen LogP contribution in [0.15, 0.2) is 54.6 Å². The number of pyridine rings is 1. The molecule has 2 aromatic carbocycles. The molecule has 0 atom stereocenters. The van der Waals surface area contributed by atoms with Gasteiger partial charge in [0, 0.05) is 11.5 Å². The van der Waals surface area contributed by atoms with Crippen molar-refractivity contribution < 1.29 is 14.3 Å². The molecule has 0 aliphatic rings. The second-order valence-corrected chi connectivity index (χ2v) is 4.47. The Morgan fingerprint density at radius 3 is 2.62 bits per heavy atom. The van der Waals surface area contributed by atoms with Gasteiger partial charge in [-0.1, -0.05) is 24.3 Å². The Morgan fingerprint density at radius 2 is 1.81 bits per heavy atom. The van der Waals surface area contributed by atoms with Crippen molar-refractivity contribution in [2.75, 3.05) is 7.11 Å². The molecular weight excluding hydrogens is 266 g/mol. The summed E-state index contributed by atoms with van der Waals surface area (Å²) in [7, 11) is 1.59. The summed E-state index contributed by atoms with van der Waals surface area (Å²) in [6.07, 6.45) is 0.745. The number of hydrogen-bond acceptors (Lipinski definition) is 4. The first-order valence-corrected chi connectivity index (χ1v) is 6.47. The lowest BCUT2D eigenvalue weighted by Crippen LogP contribution is -1.95. The van der Waals surface area contributed by atoms with Crippen LogP contribution in [-0.2, 0) is 0 Å². The number of carbonyl (C=O) groups is 1. The van der Waals surface area contributed by atoms with E-state index in [1.165, 1.54) is 0 Å². The third-order valence-corrected chi connectivity index (χ3v) is 3.10. The zero-order valence-corrected chi connectivity index (χ0v) is 11.4. The van der Waals surface area contributed by atoms with E-state index >= 15 is 0 Å². The molecule has 4 nitrogen and oxygen atoms in total. The third-order valence-electron chi connectivity index (χ3n) is 3.10. The van der Waals surface area contributed by atoms with Gasteiger partial charge in [0.1, 0.15) is 11.5 Å². The van der Waals surface area contributed by atoms with Gasteiger partial charge in [-0.15, -0.1) is 0 Å². The van der Waals surface area contributed by atoms with E-state index in [-0.39, 0.29) is 5.88 Å². The van der Waals surface area contributed by atoms with Crippen molar-refractivity contribution in [3.63, 3.8) is 0 Å². The van der Waals surface area contributed by atoms with Crippen molar-refractivity contribution in [2.45, 2.75) is 0 Å². The first kappa shape index (κ1) is 13.1. The Labute approximate surface area is 122 Å². The number of aromatic nitrogens is 1. The summed E-state index contributed by atoms with van der Waals surface area (Å²) in [5.74, 6) is 1.54. The lowest BCUT2D eigenvalue weighted by atomic mass is 10.1. The minimum absolute atomic E-state index is 0.289. The molecule has 1 aromatic heterocycles. The Balaban J connectivity index is 2.04. The predicted octanol–water partition coefficient (Wildman–Crippen LogP) is 3.85. The molecule has 104 valence electrons.